The first kappa shape index (κ1) is 24.2. The number of nitrogens with zero attached hydrogens (tertiary/aromatic N) is 1. The maximum atomic E-state index is 14.2. The van der Waals surface area contributed by atoms with Gasteiger partial charge in [-0.1, -0.05) is 6.07 Å². The molecule has 6 N–H and O–H groups in total. The molecule has 2 aromatic rings. The van der Waals surface area contributed by atoms with Gasteiger partial charge in [0.1, 0.15) is 5.75 Å². The van der Waals surface area contributed by atoms with E-state index in [0.717, 1.165) is 12.3 Å². The molecule has 180 valence electrons. The van der Waals surface area contributed by atoms with Crippen LogP contribution in [0.5, 0.6) is 11.5 Å². The van der Waals surface area contributed by atoms with Crippen LogP contribution in [0.15, 0.2) is 59.5 Å². The number of nitrogens with two attached hydrogens (primary N) is 1. The molecule has 1 heterocycles. The maximum Gasteiger partial charge on any atom is 0.482 e. The van der Waals surface area contributed by atoms with Crippen molar-refractivity contribution in [2.75, 3.05) is 31.0 Å². The summed E-state index contributed by atoms with van der Waals surface area (Å²) in [4.78, 5) is 26.4. The topological polar surface area (TPSA) is 139 Å². The van der Waals surface area contributed by atoms with E-state index >= 15 is 0 Å². The molecular formula is C21H21F3N6O4. The highest BCUT2D eigenvalue weighted by molar-refractivity contribution is 6.00. The molecule has 1 aliphatic rings. The van der Waals surface area contributed by atoms with Gasteiger partial charge in [-0.25, -0.2) is 9.38 Å². The molecule has 0 aromatic heterocycles. The minimum atomic E-state index is -3.98. The summed E-state index contributed by atoms with van der Waals surface area (Å²) in [6, 6.07) is 10.5. The van der Waals surface area contributed by atoms with E-state index in [4.69, 9.17) is 10.5 Å². The zero-order chi connectivity index (χ0) is 24.7. The van der Waals surface area contributed by atoms with Crippen molar-refractivity contribution in [3.05, 3.63) is 54.5 Å². The summed E-state index contributed by atoms with van der Waals surface area (Å²) in [7, 11) is 1.50. The van der Waals surface area contributed by atoms with Gasteiger partial charge < -0.3 is 36.5 Å². The lowest BCUT2D eigenvalue weighted by atomic mass is 10.2. The number of likely N-dealkylation sites (N-methyl/N-ethyl adjacent to an activating group) is 1. The number of anilines is 2. The molecule has 1 aliphatic heterocycles. The molecule has 0 atom stereocenters. The zero-order valence-corrected chi connectivity index (χ0v) is 17.8. The summed E-state index contributed by atoms with van der Waals surface area (Å²) in [6.45, 7) is -0.00309. The van der Waals surface area contributed by atoms with Crippen LogP contribution in [0.2, 0.25) is 0 Å². The summed E-state index contributed by atoms with van der Waals surface area (Å²) < 4.78 is 50.5. The fraction of sp³-hybridized carbons (Fsp3) is 0.190. The van der Waals surface area contributed by atoms with E-state index < -0.39 is 23.7 Å². The Balaban J connectivity index is 1.54. The lowest BCUT2D eigenvalue weighted by Crippen LogP contribution is -2.43. The Morgan fingerprint density at radius 2 is 2.09 bits per heavy atom. The molecule has 3 rings (SSSR count). The van der Waals surface area contributed by atoms with Crippen molar-refractivity contribution in [3.8, 4) is 11.5 Å². The molecular weight excluding hydrogens is 457 g/mol. The van der Waals surface area contributed by atoms with E-state index in [0.29, 0.717) is 11.4 Å². The van der Waals surface area contributed by atoms with E-state index in [9.17, 15) is 22.8 Å². The fourth-order valence-electron chi connectivity index (χ4n) is 2.63. The third kappa shape index (κ3) is 6.31. The second-order valence-electron chi connectivity index (χ2n) is 6.79. The number of alkyl halides is 2. The van der Waals surface area contributed by atoms with Gasteiger partial charge in [-0.3, -0.25) is 9.59 Å². The van der Waals surface area contributed by atoms with Crippen LogP contribution in [0.4, 0.5) is 30.2 Å². The number of amidine groups is 1. The Morgan fingerprint density at radius 3 is 2.85 bits per heavy atom. The number of aliphatic imine (C=N–C) groups is 1. The quantitative estimate of drug-likeness (QED) is 0.161. The Bertz CT molecular complexity index is 1140. The minimum Gasteiger partial charge on any atom is -0.484 e. The number of ether oxygens (including phenoxy) is 2. The summed E-state index contributed by atoms with van der Waals surface area (Å²) in [5, 5.41) is 10.1. The summed E-state index contributed by atoms with van der Waals surface area (Å²) in [5.74, 6) is -3.04. The number of hydrogen-bond acceptors (Lipinski definition) is 7. The Labute approximate surface area is 192 Å². The minimum absolute atomic E-state index is 0.0433. The third-order valence-electron chi connectivity index (χ3n) is 4.31. The average Bonchev–Trinajstić information content (AvgIpc) is 2.81. The van der Waals surface area contributed by atoms with Gasteiger partial charge in [-0.15, -0.1) is 0 Å². The normalized spacial score (nSPS) is 14.9. The van der Waals surface area contributed by atoms with Gasteiger partial charge in [0.05, 0.1) is 18.0 Å². The molecule has 0 aliphatic carbocycles. The lowest BCUT2D eigenvalue weighted by Gasteiger charge is -2.24. The van der Waals surface area contributed by atoms with Crippen molar-refractivity contribution in [1.82, 2.24) is 10.6 Å². The first-order valence-electron chi connectivity index (χ1n) is 9.81. The van der Waals surface area contributed by atoms with Crippen molar-refractivity contribution in [3.63, 3.8) is 0 Å². The highest BCUT2D eigenvalue weighted by atomic mass is 19.3. The van der Waals surface area contributed by atoms with Crippen molar-refractivity contribution in [1.29, 1.82) is 0 Å². The molecule has 0 spiro atoms. The van der Waals surface area contributed by atoms with Gasteiger partial charge in [0.2, 0.25) is 0 Å². The molecule has 0 saturated heterocycles. The van der Waals surface area contributed by atoms with Crippen LogP contribution >= 0.6 is 0 Å². The van der Waals surface area contributed by atoms with Crippen LogP contribution in [0.25, 0.3) is 0 Å². The predicted molar refractivity (Wildman–Crippen MR) is 119 cm³/mol. The molecule has 2 aromatic carbocycles. The zero-order valence-electron chi connectivity index (χ0n) is 17.8. The lowest BCUT2D eigenvalue weighted by molar-refractivity contribution is -0.189. The van der Waals surface area contributed by atoms with Crippen molar-refractivity contribution >= 4 is 34.7 Å². The number of benzene rings is 2. The molecule has 13 heteroatoms. The highest BCUT2D eigenvalue weighted by Gasteiger charge is 2.46. The van der Waals surface area contributed by atoms with Crippen LogP contribution in [0.1, 0.15) is 0 Å². The number of fused-ring (bicyclic) bond motifs is 1. The van der Waals surface area contributed by atoms with E-state index in [1.807, 2.05) is 5.32 Å². The Morgan fingerprint density at radius 1 is 1.29 bits per heavy atom. The van der Waals surface area contributed by atoms with Crippen LogP contribution in [0, 0.1) is 0 Å². The van der Waals surface area contributed by atoms with E-state index in [1.165, 1.54) is 19.2 Å². The number of carbonyl (C=O) groups excluding carboxylic acids is 2. The molecule has 0 unspecified atom stereocenters. The molecule has 0 bridgehead atoms. The number of nitrogens with one attached hydrogen (secondary N) is 4. The monoisotopic (exact) mass is 478 g/mol. The molecule has 0 saturated carbocycles. The van der Waals surface area contributed by atoms with Gasteiger partial charge in [-0.2, -0.15) is 8.78 Å². The smallest absolute Gasteiger partial charge is 0.482 e. The number of hydrogen-bond donors (Lipinski definition) is 5. The van der Waals surface area contributed by atoms with Crippen LogP contribution in [-0.2, 0) is 9.59 Å². The van der Waals surface area contributed by atoms with Crippen LogP contribution in [-0.4, -0.2) is 44.1 Å². The summed E-state index contributed by atoms with van der Waals surface area (Å²) in [5.41, 5.74) is 6.36. The molecule has 10 nitrogen and oxygen atoms in total. The second-order valence-corrected chi connectivity index (χ2v) is 6.79. The van der Waals surface area contributed by atoms with Gasteiger partial charge >= 0.3 is 12.0 Å². The van der Waals surface area contributed by atoms with E-state index in [1.54, 1.807) is 24.3 Å². The van der Waals surface area contributed by atoms with Crippen molar-refractivity contribution in [2.45, 2.75) is 6.11 Å². The number of halogens is 3. The van der Waals surface area contributed by atoms with E-state index in [2.05, 4.69) is 25.7 Å². The number of amides is 2. The number of carbonyl (C=O) groups is 2. The molecule has 0 fully saturated rings. The van der Waals surface area contributed by atoms with Crippen molar-refractivity contribution in [2.24, 2.45) is 10.7 Å². The largest absolute Gasteiger partial charge is 0.484 e. The Hall–Kier alpha value is -4.42. The second kappa shape index (κ2) is 10.5. The van der Waals surface area contributed by atoms with Gasteiger partial charge in [0, 0.05) is 25.0 Å². The first-order valence-corrected chi connectivity index (χ1v) is 9.81. The van der Waals surface area contributed by atoms with Gasteiger partial charge in [-0.05, 0) is 30.3 Å². The standard InChI is InChI=1S/C21H21F3N6O4/c1-26-18(31)10-33-14-4-2-3-12(7-14)28-11-27-9-15(22)19(25)29-13-5-6-17-16(8-13)30-20(32)21(23,24)34-17/h2-9,27-28H,10-11H2,1H3,(H2,25,29)(H,26,31)(H,30,32). The van der Waals surface area contributed by atoms with Crippen molar-refractivity contribution < 1.29 is 32.2 Å². The van der Waals surface area contributed by atoms with Crippen LogP contribution in [0.3, 0.4) is 0 Å². The Kier molecular flexibility index (Phi) is 7.46. The molecule has 0 radical (unpaired) electrons. The summed E-state index contributed by atoms with van der Waals surface area (Å²) >= 11 is 0. The molecule has 2 amide bonds. The van der Waals surface area contributed by atoms with Gasteiger partial charge in [0.25, 0.3) is 5.91 Å². The highest BCUT2D eigenvalue weighted by Crippen LogP contribution is 2.37. The maximum absolute atomic E-state index is 14.2. The average molecular weight is 478 g/mol. The third-order valence-corrected chi connectivity index (χ3v) is 4.31. The molecule has 34 heavy (non-hydrogen) atoms. The summed E-state index contributed by atoms with van der Waals surface area (Å²) in [6.07, 6.45) is -2.99. The SMILES string of the molecule is CNC(=O)COc1cccc(NCNC=C(F)C(N)=Nc2ccc3c(c2)NC(=O)C(F)(F)O3)c1. The fourth-order valence-corrected chi connectivity index (χ4v) is 2.63. The first-order chi connectivity index (χ1) is 16.2. The van der Waals surface area contributed by atoms with E-state index in [-0.39, 0.29) is 36.3 Å². The predicted octanol–water partition coefficient (Wildman–Crippen LogP) is 2.19. The van der Waals surface area contributed by atoms with Gasteiger partial charge in [0.15, 0.2) is 24.0 Å². The van der Waals surface area contributed by atoms with Crippen LogP contribution < -0.4 is 36.5 Å². The number of rotatable bonds is 9.